The Labute approximate surface area is 100 Å². The first-order chi connectivity index (χ1) is 7.94. The number of hydrogen-bond donors (Lipinski definition) is 0. The Morgan fingerprint density at radius 2 is 2.06 bits per heavy atom. The topological polar surface area (TPSA) is 59.5 Å². The van der Waals surface area contributed by atoms with E-state index in [9.17, 15) is 9.59 Å². The maximum absolute atomic E-state index is 10.8. The molecule has 0 saturated heterocycles. The van der Waals surface area contributed by atoms with Gasteiger partial charge in [-0.1, -0.05) is 0 Å². The van der Waals surface area contributed by atoms with Gasteiger partial charge in [-0.2, -0.15) is 0 Å². The van der Waals surface area contributed by atoms with Gasteiger partial charge in [0.05, 0.1) is 17.8 Å². The normalized spacial score (nSPS) is 11.0. The van der Waals surface area contributed by atoms with Gasteiger partial charge in [0.1, 0.15) is 0 Å². The van der Waals surface area contributed by atoms with Crippen molar-refractivity contribution >= 4 is 12.7 Å². The second-order valence-electron chi connectivity index (χ2n) is 4.58. The van der Waals surface area contributed by atoms with E-state index in [1.807, 2.05) is 20.8 Å². The molecule has 0 aliphatic carbocycles. The Hall–Kier alpha value is -1.75. The predicted octanol–water partition coefficient (Wildman–Crippen LogP) is 1.58. The number of rotatable bonds is 5. The zero-order valence-corrected chi connectivity index (χ0v) is 10.2. The van der Waals surface area contributed by atoms with Crippen LogP contribution < -0.4 is 0 Å². The van der Waals surface area contributed by atoms with Crippen molar-refractivity contribution in [3.63, 3.8) is 0 Å². The second kappa shape index (κ2) is 5.54. The summed E-state index contributed by atoms with van der Waals surface area (Å²) < 4.78 is 0. The van der Waals surface area contributed by atoms with E-state index >= 15 is 0 Å². The number of carbonyl (C=O) groups excluding carboxylic acids is 2. The molecule has 1 rings (SSSR count). The maximum Gasteiger partial charge on any atom is 0.233 e. The lowest BCUT2D eigenvalue weighted by molar-refractivity contribution is -0.220. The van der Waals surface area contributed by atoms with Crippen molar-refractivity contribution in [2.75, 3.05) is 0 Å². The smallest absolute Gasteiger partial charge is 0.233 e. The van der Waals surface area contributed by atoms with E-state index in [1.165, 1.54) is 11.3 Å². The number of aldehydes is 1. The van der Waals surface area contributed by atoms with Crippen LogP contribution in [-0.4, -0.2) is 28.3 Å². The summed E-state index contributed by atoms with van der Waals surface area (Å²) in [5.41, 5.74) is 0.721. The first-order valence-electron chi connectivity index (χ1n) is 5.26. The molecule has 0 fully saturated rings. The van der Waals surface area contributed by atoms with Crippen molar-refractivity contribution in [3.05, 3.63) is 29.6 Å². The molecule has 0 N–H and O–H groups in total. The first kappa shape index (κ1) is 13.3. The van der Waals surface area contributed by atoms with E-state index in [-0.39, 0.29) is 6.54 Å². The summed E-state index contributed by atoms with van der Waals surface area (Å²) in [5.74, 6) is 0. The van der Waals surface area contributed by atoms with E-state index in [0.29, 0.717) is 17.7 Å². The molecule has 5 heteroatoms. The van der Waals surface area contributed by atoms with Crippen LogP contribution in [0.3, 0.4) is 0 Å². The summed E-state index contributed by atoms with van der Waals surface area (Å²) in [7, 11) is 0. The van der Waals surface area contributed by atoms with Crippen LogP contribution in [0.5, 0.6) is 0 Å². The van der Waals surface area contributed by atoms with Gasteiger partial charge in [0.2, 0.25) is 6.41 Å². The van der Waals surface area contributed by atoms with Gasteiger partial charge in [-0.15, -0.1) is 0 Å². The van der Waals surface area contributed by atoms with Gasteiger partial charge in [-0.3, -0.25) is 19.4 Å². The van der Waals surface area contributed by atoms with Crippen LogP contribution in [0.1, 0.15) is 36.8 Å². The van der Waals surface area contributed by atoms with E-state index in [1.54, 1.807) is 12.1 Å². The van der Waals surface area contributed by atoms with Crippen LogP contribution in [0, 0.1) is 0 Å². The molecule has 1 aromatic heterocycles. The summed E-state index contributed by atoms with van der Waals surface area (Å²) in [6, 6.07) is 3.33. The lowest BCUT2D eigenvalue weighted by atomic mass is 10.2. The standard InChI is InChI=1S/C12H16N2O3/c1-12(2,3)17-14(9-16)7-11-5-4-10(8-15)6-13-11/h4-6,8-9H,7H2,1-3H3. The predicted molar refractivity (Wildman–Crippen MR) is 62.1 cm³/mol. The van der Waals surface area contributed by atoms with Crippen molar-refractivity contribution in [2.24, 2.45) is 0 Å². The van der Waals surface area contributed by atoms with Gasteiger partial charge in [0, 0.05) is 11.8 Å². The number of pyridine rings is 1. The van der Waals surface area contributed by atoms with Gasteiger partial charge in [-0.05, 0) is 32.9 Å². The summed E-state index contributed by atoms with van der Waals surface area (Å²) in [6.45, 7) is 5.81. The summed E-state index contributed by atoms with van der Waals surface area (Å²) >= 11 is 0. The Morgan fingerprint density at radius 1 is 1.35 bits per heavy atom. The van der Waals surface area contributed by atoms with Crippen LogP contribution in [0.2, 0.25) is 0 Å². The zero-order valence-electron chi connectivity index (χ0n) is 10.2. The van der Waals surface area contributed by atoms with E-state index in [2.05, 4.69) is 4.98 Å². The quantitative estimate of drug-likeness (QED) is 0.575. The van der Waals surface area contributed by atoms with E-state index in [4.69, 9.17) is 4.84 Å². The highest BCUT2D eigenvalue weighted by Crippen LogP contribution is 2.11. The lowest BCUT2D eigenvalue weighted by Crippen LogP contribution is -2.32. The Balaban J connectivity index is 2.67. The molecule has 0 aliphatic heterocycles. The molecular weight excluding hydrogens is 220 g/mol. The molecule has 1 heterocycles. The SMILES string of the molecule is CC(C)(C)ON(C=O)Cc1ccc(C=O)cn1. The third-order valence-corrected chi connectivity index (χ3v) is 1.81. The molecule has 0 bridgehead atoms. The highest BCUT2D eigenvalue weighted by atomic mass is 16.7. The largest absolute Gasteiger partial charge is 0.298 e. The molecule has 5 nitrogen and oxygen atoms in total. The number of amides is 1. The van der Waals surface area contributed by atoms with Crippen molar-refractivity contribution < 1.29 is 14.4 Å². The molecule has 0 atom stereocenters. The highest BCUT2D eigenvalue weighted by molar-refractivity contribution is 5.73. The van der Waals surface area contributed by atoms with Crippen molar-refractivity contribution in [2.45, 2.75) is 32.9 Å². The minimum absolute atomic E-state index is 0.250. The molecule has 92 valence electrons. The average Bonchev–Trinajstić information content (AvgIpc) is 2.27. The minimum atomic E-state index is -0.441. The van der Waals surface area contributed by atoms with Gasteiger partial charge in [0.25, 0.3) is 0 Å². The van der Waals surface area contributed by atoms with Crippen molar-refractivity contribution in [1.29, 1.82) is 0 Å². The molecule has 1 aromatic rings. The van der Waals surface area contributed by atoms with Crippen LogP contribution >= 0.6 is 0 Å². The molecule has 0 radical (unpaired) electrons. The monoisotopic (exact) mass is 236 g/mol. The van der Waals surface area contributed by atoms with Gasteiger partial charge in [0.15, 0.2) is 6.29 Å². The number of nitrogens with zero attached hydrogens (tertiary/aromatic N) is 2. The maximum atomic E-state index is 10.8. The number of carbonyl (C=O) groups is 2. The molecule has 0 unspecified atom stereocenters. The van der Waals surface area contributed by atoms with Crippen molar-refractivity contribution in [1.82, 2.24) is 10.0 Å². The minimum Gasteiger partial charge on any atom is -0.298 e. The third-order valence-electron chi connectivity index (χ3n) is 1.81. The van der Waals surface area contributed by atoms with Crippen LogP contribution in [0.4, 0.5) is 0 Å². The van der Waals surface area contributed by atoms with E-state index in [0.717, 1.165) is 6.29 Å². The second-order valence-corrected chi connectivity index (χ2v) is 4.58. The summed E-state index contributed by atoms with van der Waals surface area (Å²) in [4.78, 5) is 30.7. The number of aromatic nitrogens is 1. The van der Waals surface area contributed by atoms with Crippen LogP contribution in [-0.2, 0) is 16.2 Å². The molecule has 0 aliphatic rings. The lowest BCUT2D eigenvalue weighted by Gasteiger charge is -2.26. The fourth-order valence-corrected chi connectivity index (χ4v) is 1.20. The van der Waals surface area contributed by atoms with Gasteiger partial charge in [-0.25, -0.2) is 5.06 Å². The molecule has 1 amide bonds. The van der Waals surface area contributed by atoms with Gasteiger partial charge < -0.3 is 0 Å². The summed E-state index contributed by atoms with van der Waals surface area (Å²) in [6.07, 6.45) is 2.79. The first-order valence-corrected chi connectivity index (χ1v) is 5.26. The Kier molecular flexibility index (Phi) is 4.34. The van der Waals surface area contributed by atoms with Gasteiger partial charge >= 0.3 is 0 Å². The molecule has 0 saturated carbocycles. The van der Waals surface area contributed by atoms with Crippen LogP contribution in [0.15, 0.2) is 18.3 Å². The fraction of sp³-hybridized carbons (Fsp3) is 0.417. The highest BCUT2D eigenvalue weighted by Gasteiger charge is 2.16. The zero-order chi connectivity index (χ0) is 12.9. The fourth-order valence-electron chi connectivity index (χ4n) is 1.20. The van der Waals surface area contributed by atoms with Crippen molar-refractivity contribution in [3.8, 4) is 0 Å². The molecule has 0 spiro atoms. The van der Waals surface area contributed by atoms with Crippen LogP contribution in [0.25, 0.3) is 0 Å². The molecular formula is C12H16N2O3. The number of hydroxylamine groups is 2. The Bertz CT molecular complexity index is 382. The third kappa shape index (κ3) is 4.74. The molecule has 17 heavy (non-hydrogen) atoms. The van der Waals surface area contributed by atoms with E-state index < -0.39 is 5.60 Å². The Morgan fingerprint density at radius 3 is 2.47 bits per heavy atom. The number of hydrogen-bond acceptors (Lipinski definition) is 4. The summed E-state index contributed by atoms with van der Waals surface area (Å²) in [5, 5.41) is 1.18. The average molecular weight is 236 g/mol. The molecule has 0 aromatic carbocycles.